The van der Waals surface area contributed by atoms with Gasteiger partial charge in [0, 0.05) is 6.04 Å². The third-order valence-corrected chi connectivity index (χ3v) is 5.53. The number of methoxy groups -OCH3 is 1. The van der Waals surface area contributed by atoms with Gasteiger partial charge in [0.25, 0.3) is 0 Å². The van der Waals surface area contributed by atoms with Crippen LogP contribution in [0.25, 0.3) is 0 Å². The number of hydrogen-bond donors (Lipinski definition) is 0. The molecule has 2 atom stereocenters. The van der Waals surface area contributed by atoms with Crippen LogP contribution < -0.4 is 4.74 Å². The van der Waals surface area contributed by atoms with E-state index in [1.54, 1.807) is 7.11 Å². The molecule has 0 aliphatic carbocycles. The number of ether oxygens (including phenoxy) is 2. The van der Waals surface area contributed by atoms with Crippen LogP contribution in [0, 0.1) is 0 Å². The quantitative estimate of drug-likeness (QED) is 0.671. The van der Waals surface area contributed by atoms with Gasteiger partial charge in [0.2, 0.25) is 0 Å². The Labute approximate surface area is 165 Å². The standard InChI is InChI=1S/C21H35NO4Si/c1-20(2,3)25-19(23)22-15-21(4,26-27(6,7)8)14-17(22)13-16-9-11-18(24-5)12-10-16/h9-12,17H,13-15H2,1-8H3/t17-,21?/m0/s1. The van der Waals surface area contributed by atoms with Crippen LogP contribution in [-0.4, -0.2) is 50.2 Å². The van der Waals surface area contributed by atoms with Crippen molar-refractivity contribution >= 4 is 14.4 Å². The number of nitrogens with zero attached hydrogens (tertiary/aromatic N) is 1. The molecule has 0 radical (unpaired) electrons. The Kier molecular flexibility index (Phi) is 6.32. The number of rotatable bonds is 5. The van der Waals surface area contributed by atoms with Gasteiger partial charge in [-0.1, -0.05) is 12.1 Å². The Morgan fingerprint density at radius 3 is 2.30 bits per heavy atom. The minimum Gasteiger partial charge on any atom is -0.497 e. The zero-order valence-corrected chi connectivity index (χ0v) is 19.1. The van der Waals surface area contributed by atoms with Crippen LogP contribution in [0.4, 0.5) is 4.79 Å². The molecule has 0 saturated carbocycles. The summed E-state index contributed by atoms with van der Waals surface area (Å²) in [6, 6.07) is 8.08. The molecule has 1 heterocycles. The first kappa shape index (κ1) is 21.8. The maximum absolute atomic E-state index is 12.9. The van der Waals surface area contributed by atoms with Gasteiger partial charge in [-0.3, -0.25) is 0 Å². The van der Waals surface area contributed by atoms with Crippen molar-refractivity contribution in [3.8, 4) is 5.75 Å². The Hall–Kier alpha value is -1.53. The summed E-state index contributed by atoms with van der Waals surface area (Å²) in [6.07, 6.45) is 1.32. The zero-order valence-electron chi connectivity index (χ0n) is 18.1. The van der Waals surface area contributed by atoms with E-state index in [0.717, 1.165) is 18.6 Å². The van der Waals surface area contributed by atoms with Gasteiger partial charge in [0.15, 0.2) is 8.32 Å². The highest BCUT2D eigenvalue weighted by Crippen LogP contribution is 2.35. The van der Waals surface area contributed by atoms with Crippen molar-refractivity contribution in [2.75, 3.05) is 13.7 Å². The van der Waals surface area contributed by atoms with Gasteiger partial charge in [-0.2, -0.15) is 0 Å². The Bertz CT molecular complexity index is 648. The maximum Gasteiger partial charge on any atom is 0.410 e. The third-order valence-electron chi connectivity index (χ3n) is 4.42. The molecule has 1 aromatic carbocycles. The molecule has 5 nitrogen and oxygen atoms in total. The molecule has 6 heteroatoms. The molecule has 1 aliphatic rings. The first-order valence-corrected chi connectivity index (χ1v) is 13.0. The van der Waals surface area contributed by atoms with Crippen molar-refractivity contribution in [1.29, 1.82) is 0 Å². The van der Waals surface area contributed by atoms with Crippen molar-refractivity contribution in [2.24, 2.45) is 0 Å². The molecular formula is C21H35NO4Si. The molecule has 1 fully saturated rings. The van der Waals surface area contributed by atoms with Crippen LogP contribution in [0.5, 0.6) is 5.75 Å². The topological polar surface area (TPSA) is 48.0 Å². The summed E-state index contributed by atoms with van der Waals surface area (Å²) in [5, 5.41) is 0. The van der Waals surface area contributed by atoms with Crippen LogP contribution >= 0.6 is 0 Å². The normalized spacial score (nSPS) is 23.4. The molecule has 0 aromatic heterocycles. The molecule has 0 bridgehead atoms. The smallest absolute Gasteiger partial charge is 0.410 e. The van der Waals surface area contributed by atoms with Crippen molar-refractivity contribution < 1.29 is 18.7 Å². The Morgan fingerprint density at radius 1 is 1.22 bits per heavy atom. The molecule has 152 valence electrons. The van der Waals surface area contributed by atoms with Crippen LogP contribution in [0.3, 0.4) is 0 Å². The fourth-order valence-corrected chi connectivity index (χ4v) is 5.35. The second-order valence-corrected chi connectivity index (χ2v) is 14.1. The zero-order chi connectivity index (χ0) is 20.5. The van der Waals surface area contributed by atoms with Gasteiger partial charge in [-0.05, 0) is 77.9 Å². The summed E-state index contributed by atoms with van der Waals surface area (Å²) in [4.78, 5) is 14.7. The van der Waals surface area contributed by atoms with E-state index in [9.17, 15) is 4.79 Å². The second kappa shape index (κ2) is 7.84. The first-order chi connectivity index (χ1) is 12.3. The maximum atomic E-state index is 12.9. The van der Waals surface area contributed by atoms with E-state index in [4.69, 9.17) is 13.9 Å². The van der Waals surface area contributed by atoms with Gasteiger partial charge in [0.05, 0.1) is 19.3 Å². The summed E-state index contributed by atoms with van der Waals surface area (Å²) in [5.74, 6) is 0.834. The number of carbonyl (C=O) groups is 1. The minimum atomic E-state index is -1.74. The number of likely N-dealkylation sites (tertiary alicyclic amines) is 1. The van der Waals surface area contributed by atoms with Crippen molar-refractivity contribution in [1.82, 2.24) is 4.90 Å². The van der Waals surface area contributed by atoms with E-state index >= 15 is 0 Å². The lowest BCUT2D eigenvalue weighted by Crippen LogP contribution is -2.44. The largest absolute Gasteiger partial charge is 0.497 e. The highest BCUT2D eigenvalue weighted by Gasteiger charge is 2.46. The fourth-order valence-electron chi connectivity index (χ4n) is 3.73. The van der Waals surface area contributed by atoms with E-state index < -0.39 is 13.9 Å². The first-order valence-electron chi connectivity index (χ1n) is 9.63. The van der Waals surface area contributed by atoms with Gasteiger partial charge < -0.3 is 18.8 Å². The van der Waals surface area contributed by atoms with Crippen molar-refractivity contribution in [3.63, 3.8) is 0 Å². The predicted molar refractivity (Wildman–Crippen MR) is 111 cm³/mol. The summed E-state index contributed by atoms with van der Waals surface area (Å²) in [6.45, 7) is 14.9. The lowest BCUT2D eigenvalue weighted by molar-refractivity contribution is 0.0173. The predicted octanol–water partition coefficient (Wildman–Crippen LogP) is 4.86. The lowest BCUT2D eigenvalue weighted by Gasteiger charge is -2.33. The summed E-state index contributed by atoms with van der Waals surface area (Å²) in [5.41, 5.74) is 0.324. The molecule has 1 unspecified atom stereocenters. The Morgan fingerprint density at radius 2 is 1.81 bits per heavy atom. The van der Waals surface area contributed by atoms with E-state index in [2.05, 4.69) is 38.7 Å². The van der Waals surface area contributed by atoms with E-state index in [1.165, 1.54) is 5.56 Å². The molecule has 1 aromatic rings. The number of hydrogen-bond acceptors (Lipinski definition) is 4. The molecule has 27 heavy (non-hydrogen) atoms. The average Bonchev–Trinajstić information content (AvgIpc) is 2.80. The lowest BCUT2D eigenvalue weighted by atomic mass is 9.98. The van der Waals surface area contributed by atoms with Crippen molar-refractivity contribution in [2.45, 2.75) is 77.4 Å². The molecule has 1 saturated heterocycles. The number of carbonyl (C=O) groups excluding carboxylic acids is 1. The highest BCUT2D eigenvalue weighted by atomic mass is 28.4. The molecular weight excluding hydrogens is 358 g/mol. The average molecular weight is 394 g/mol. The van der Waals surface area contributed by atoms with Crippen molar-refractivity contribution in [3.05, 3.63) is 29.8 Å². The van der Waals surface area contributed by atoms with E-state index in [1.807, 2.05) is 37.8 Å². The SMILES string of the molecule is COc1ccc(C[C@H]2CC(C)(O[Si](C)(C)C)CN2C(=O)OC(C)(C)C)cc1. The highest BCUT2D eigenvalue weighted by molar-refractivity contribution is 6.69. The van der Waals surface area contributed by atoms with E-state index in [-0.39, 0.29) is 17.7 Å². The number of benzene rings is 1. The fraction of sp³-hybridized carbons (Fsp3) is 0.667. The summed E-state index contributed by atoms with van der Waals surface area (Å²) < 4.78 is 17.4. The molecule has 1 aliphatic heterocycles. The Balaban J connectivity index is 2.21. The molecule has 0 N–H and O–H groups in total. The molecule has 0 spiro atoms. The third kappa shape index (κ3) is 6.54. The van der Waals surface area contributed by atoms with Gasteiger partial charge in [0.1, 0.15) is 11.4 Å². The molecule has 2 rings (SSSR count). The van der Waals surface area contributed by atoms with Crippen LogP contribution in [-0.2, 0) is 15.6 Å². The number of amides is 1. The second-order valence-electron chi connectivity index (χ2n) is 9.68. The van der Waals surface area contributed by atoms with Crippen LogP contribution in [0.15, 0.2) is 24.3 Å². The minimum absolute atomic E-state index is 0.0506. The van der Waals surface area contributed by atoms with Crippen LogP contribution in [0.2, 0.25) is 19.6 Å². The van der Waals surface area contributed by atoms with Crippen LogP contribution in [0.1, 0.15) is 39.7 Å². The monoisotopic (exact) mass is 393 g/mol. The van der Waals surface area contributed by atoms with Gasteiger partial charge in [-0.15, -0.1) is 0 Å². The molecule has 1 amide bonds. The summed E-state index contributed by atoms with van der Waals surface area (Å²) in [7, 11) is -0.0730. The van der Waals surface area contributed by atoms with Gasteiger partial charge in [-0.25, -0.2) is 4.79 Å². The van der Waals surface area contributed by atoms with Gasteiger partial charge >= 0.3 is 6.09 Å². The van der Waals surface area contributed by atoms with E-state index in [0.29, 0.717) is 6.54 Å². The summed E-state index contributed by atoms with van der Waals surface area (Å²) >= 11 is 0.